The van der Waals surface area contributed by atoms with Crippen molar-refractivity contribution in [1.82, 2.24) is 4.98 Å². The Kier molecular flexibility index (Phi) is 2.35. The van der Waals surface area contributed by atoms with Gasteiger partial charge in [-0.15, -0.1) is 0 Å². The van der Waals surface area contributed by atoms with Crippen molar-refractivity contribution in [3.8, 4) is 0 Å². The average Bonchev–Trinajstić information content (AvgIpc) is 2.35. The number of hydrogen-bond acceptors (Lipinski definition) is 5. The van der Waals surface area contributed by atoms with Crippen LogP contribution in [-0.2, 0) is 0 Å². The van der Waals surface area contributed by atoms with Crippen molar-refractivity contribution in [2.24, 2.45) is 0 Å². The Morgan fingerprint density at radius 3 is 2.58 bits per heavy atom. The Bertz CT molecular complexity index is 968. The van der Waals surface area contributed by atoms with Crippen molar-refractivity contribution in [3.05, 3.63) is 56.0 Å². The van der Waals surface area contributed by atoms with Gasteiger partial charge in [0.15, 0.2) is 22.0 Å². The molecule has 94 valence electrons. The van der Waals surface area contributed by atoms with Crippen LogP contribution in [-0.4, -0.2) is 10.1 Å². The van der Waals surface area contributed by atoms with E-state index in [9.17, 15) is 14.7 Å². The Labute approximate surface area is 106 Å². The van der Waals surface area contributed by atoms with Gasteiger partial charge in [-0.3, -0.25) is 9.59 Å². The molecule has 0 saturated carbocycles. The molecule has 0 bridgehead atoms. The average molecular weight is 255 g/mol. The van der Waals surface area contributed by atoms with E-state index < -0.39 is 0 Å². The molecule has 1 heterocycles. The highest BCUT2D eigenvalue weighted by Gasteiger charge is 2.05. The summed E-state index contributed by atoms with van der Waals surface area (Å²) >= 11 is 0. The lowest BCUT2D eigenvalue weighted by Gasteiger charge is -2.00. The molecule has 0 amide bonds. The normalized spacial score (nSPS) is 12.9. The Hall–Kier alpha value is -2.69. The fraction of sp³-hybridized carbons (Fsp3) is 0.0714. The van der Waals surface area contributed by atoms with E-state index in [1.807, 2.05) is 0 Å². The van der Waals surface area contributed by atoms with E-state index in [0.717, 1.165) is 0 Å². The summed E-state index contributed by atoms with van der Waals surface area (Å²) < 4.78 is 5.49. The summed E-state index contributed by atoms with van der Waals surface area (Å²) in [5.41, 5.74) is 1.05. The van der Waals surface area contributed by atoms with Gasteiger partial charge in [0.25, 0.3) is 0 Å². The quantitative estimate of drug-likeness (QED) is 0.608. The molecule has 19 heavy (non-hydrogen) atoms. The molecule has 0 saturated heterocycles. The topological polar surface area (TPSA) is 80.4 Å². The van der Waals surface area contributed by atoms with Gasteiger partial charge in [-0.25, -0.2) is 4.98 Å². The second kappa shape index (κ2) is 3.91. The molecule has 0 radical (unpaired) electrons. The van der Waals surface area contributed by atoms with Crippen LogP contribution in [0, 0.1) is 0 Å². The minimum Gasteiger partial charge on any atom is -0.512 e. The number of hydrogen-bond donors (Lipinski definition) is 1. The van der Waals surface area contributed by atoms with Crippen LogP contribution in [0.5, 0.6) is 0 Å². The lowest BCUT2D eigenvalue weighted by molar-refractivity contribution is 0.498. The van der Waals surface area contributed by atoms with Crippen molar-refractivity contribution in [3.63, 3.8) is 0 Å². The van der Waals surface area contributed by atoms with E-state index >= 15 is 0 Å². The second-order valence-corrected chi connectivity index (χ2v) is 4.24. The van der Waals surface area contributed by atoms with Crippen LogP contribution in [0.15, 0.2) is 44.3 Å². The molecule has 0 atom stereocenters. The molecule has 5 heteroatoms. The first-order chi connectivity index (χ1) is 9.04. The van der Waals surface area contributed by atoms with Crippen LogP contribution in [0.3, 0.4) is 0 Å². The smallest absolute Gasteiger partial charge is 0.193 e. The molecule has 3 rings (SSSR count). The number of aromatic nitrogens is 1. The number of aliphatic hydroxyl groups is 1. The molecule has 0 aliphatic heterocycles. The van der Waals surface area contributed by atoms with Crippen molar-refractivity contribution in [2.75, 3.05) is 0 Å². The van der Waals surface area contributed by atoms with Crippen molar-refractivity contribution >= 4 is 28.0 Å². The molecule has 3 aromatic rings. The lowest BCUT2D eigenvalue weighted by Crippen LogP contribution is -2.25. The predicted octanol–water partition coefficient (Wildman–Crippen LogP) is 1.11. The Balaban J connectivity index is 2.52. The molecule has 2 aromatic carbocycles. The maximum absolute atomic E-state index is 11.7. The van der Waals surface area contributed by atoms with Crippen LogP contribution in [0.2, 0.25) is 0 Å². The van der Waals surface area contributed by atoms with Gasteiger partial charge in [-0.05, 0) is 25.1 Å². The Morgan fingerprint density at radius 1 is 1.11 bits per heavy atom. The van der Waals surface area contributed by atoms with Crippen LogP contribution < -0.4 is 16.1 Å². The molecule has 1 N–H and O–H groups in total. The standard InChI is InChI=1S/C14H9NO4/c1-7(16)9-5-11-14(6-12(9)18)19-13-4-8(17)2-3-10(13)15-11/h2-6,16H,1H3/b9-7-. The SMILES string of the molecule is C/C(O)=c1\cc2nc3ccc(=O)cc3oc2cc1=O. The van der Waals surface area contributed by atoms with E-state index in [1.165, 1.54) is 31.2 Å². The fourth-order valence-corrected chi connectivity index (χ4v) is 1.92. The zero-order valence-electron chi connectivity index (χ0n) is 10.0. The summed E-state index contributed by atoms with van der Waals surface area (Å²) in [6.07, 6.45) is 0. The summed E-state index contributed by atoms with van der Waals surface area (Å²) in [4.78, 5) is 27.3. The molecule has 0 aliphatic rings. The fourth-order valence-electron chi connectivity index (χ4n) is 1.92. The zero-order valence-corrected chi connectivity index (χ0v) is 10.0. The van der Waals surface area contributed by atoms with E-state index in [1.54, 1.807) is 6.07 Å². The molecular formula is C14H9NO4. The minimum atomic E-state index is -0.351. The van der Waals surface area contributed by atoms with Crippen LogP contribution in [0.1, 0.15) is 6.92 Å². The van der Waals surface area contributed by atoms with Crippen LogP contribution >= 0.6 is 0 Å². The molecular weight excluding hydrogens is 246 g/mol. The molecule has 5 nitrogen and oxygen atoms in total. The first-order valence-corrected chi connectivity index (χ1v) is 5.63. The number of aliphatic hydroxyl groups excluding tert-OH is 1. The van der Waals surface area contributed by atoms with E-state index in [4.69, 9.17) is 4.42 Å². The van der Waals surface area contributed by atoms with E-state index in [2.05, 4.69) is 4.98 Å². The summed E-state index contributed by atoms with van der Waals surface area (Å²) in [5, 5.41) is 9.62. The molecule has 0 spiro atoms. The van der Waals surface area contributed by atoms with Gasteiger partial charge in [0, 0.05) is 12.1 Å². The maximum atomic E-state index is 11.7. The third-order valence-corrected chi connectivity index (χ3v) is 2.84. The van der Waals surface area contributed by atoms with Gasteiger partial charge < -0.3 is 9.52 Å². The molecule has 0 fully saturated rings. The van der Waals surface area contributed by atoms with Crippen molar-refractivity contribution < 1.29 is 9.52 Å². The first kappa shape index (κ1) is 11.4. The van der Waals surface area contributed by atoms with Crippen LogP contribution in [0.4, 0.5) is 0 Å². The lowest BCUT2D eigenvalue weighted by atomic mass is 10.2. The number of fused-ring (bicyclic) bond motifs is 2. The van der Waals surface area contributed by atoms with Gasteiger partial charge in [0.1, 0.15) is 16.8 Å². The van der Waals surface area contributed by atoms with Crippen LogP contribution in [0.25, 0.3) is 28.0 Å². The monoisotopic (exact) mass is 255 g/mol. The third kappa shape index (κ3) is 1.85. The van der Waals surface area contributed by atoms with Gasteiger partial charge in [-0.1, -0.05) is 0 Å². The van der Waals surface area contributed by atoms with Gasteiger partial charge in [0.05, 0.1) is 5.22 Å². The van der Waals surface area contributed by atoms with Gasteiger partial charge in [-0.2, -0.15) is 0 Å². The number of rotatable bonds is 0. The molecule has 1 aromatic heterocycles. The zero-order chi connectivity index (χ0) is 13.6. The third-order valence-electron chi connectivity index (χ3n) is 2.84. The Morgan fingerprint density at radius 2 is 1.84 bits per heavy atom. The number of benzene rings is 2. The minimum absolute atomic E-state index is 0.0660. The first-order valence-electron chi connectivity index (χ1n) is 5.63. The van der Waals surface area contributed by atoms with Gasteiger partial charge >= 0.3 is 0 Å². The second-order valence-electron chi connectivity index (χ2n) is 4.24. The highest BCUT2D eigenvalue weighted by atomic mass is 16.3. The molecule has 0 unspecified atom stereocenters. The predicted molar refractivity (Wildman–Crippen MR) is 71.0 cm³/mol. The summed E-state index contributed by atoms with van der Waals surface area (Å²) in [6.45, 7) is 1.43. The van der Waals surface area contributed by atoms with Gasteiger partial charge in [0.2, 0.25) is 0 Å². The van der Waals surface area contributed by atoms with E-state index in [0.29, 0.717) is 16.6 Å². The number of nitrogens with zero attached hydrogens (tertiary/aromatic N) is 1. The largest absolute Gasteiger partial charge is 0.512 e. The van der Waals surface area contributed by atoms with Crippen molar-refractivity contribution in [2.45, 2.75) is 6.92 Å². The summed E-state index contributed by atoms with van der Waals surface area (Å²) in [6, 6.07) is 7.00. The van der Waals surface area contributed by atoms with E-state index in [-0.39, 0.29) is 27.4 Å². The van der Waals surface area contributed by atoms with Crippen molar-refractivity contribution in [1.29, 1.82) is 0 Å². The highest BCUT2D eigenvalue weighted by Crippen LogP contribution is 2.15. The summed E-state index contributed by atoms with van der Waals surface area (Å²) in [5.74, 6) is -0.0660. The highest BCUT2D eigenvalue weighted by molar-refractivity contribution is 5.82. The summed E-state index contributed by atoms with van der Waals surface area (Å²) in [7, 11) is 0. The maximum Gasteiger partial charge on any atom is 0.193 e. The molecule has 0 aliphatic carbocycles.